The first-order valence-corrected chi connectivity index (χ1v) is 5.69. The number of halogens is 1. The third kappa shape index (κ3) is 2.06. The Morgan fingerprint density at radius 2 is 2.06 bits per heavy atom. The van der Waals surface area contributed by atoms with E-state index >= 15 is 0 Å². The Morgan fingerprint density at radius 3 is 2.67 bits per heavy atom. The summed E-state index contributed by atoms with van der Waals surface area (Å²) in [4.78, 5) is 34.3. The molecule has 0 spiro atoms. The fraction of sp³-hybridized carbons (Fsp3) is 0.0833. The van der Waals surface area contributed by atoms with Crippen LogP contribution in [-0.2, 0) is 23.9 Å². The zero-order chi connectivity index (χ0) is 13.3. The van der Waals surface area contributed by atoms with Crippen LogP contribution in [0.4, 0.5) is 0 Å². The van der Waals surface area contributed by atoms with E-state index in [4.69, 9.17) is 4.74 Å². The fourth-order valence-corrected chi connectivity index (χ4v) is 1.91. The maximum Gasteiger partial charge on any atom is 0.385 e. The molecule has 0 saturated carbocycles. The third-order valence-corrected chi connectivity index (χ3v) is 2.80. The van der Waals surface area contributed by atoms with Gasteiger partial charge in [-0.1, -0.05) is 28.1 Å². The van der Waals surface area contributed by atoms with Gasteiger partial charge in [0.25, 0.3) is 5.78 Å². The molecule has 0 radical (unpaired) electrons. The molecule has 0 bridgehead atoms. The number of cyclic esters (lactones) is 1. The van der Waals surface area contributed by atoms with Gasteiger partial charge in [0.1, 0.15) is 0 Å². The Labute approximate surface area is 111 Å². The molecule has 1 aliphatic heterocycles. The molecule has 1 aromatic rings. The van der Waals surface area contributed by atoms with Crippen LogP contribution in [0.15, 0.2) is 34.3 Å². The van der Waals surface area contributed by atoms with Crippen LogP contribution in [0, 0.1) is 0 Å². The van der Waals surface area contributed by atoms with E-state index in [1.54, 1.807) is 24.3 Å². The van der Waals surface area contributed by atoms with Crippen molar-refractivity contribution in [1.29, 1.82) is 0 Å². The summed E-state index contributed by atoms with van der Waals surface area (Å²) in [5, 5.41) is 0. The van der Waals surface area contributed by atoms with Gasteiger partial charge in [-0.2, -0.15) is 0 Å². The number of methoxy groups -OCH3 is 1. The Bertz CT molecular complexity index is 588. The molecule has 0 atom stereocenters. The molecular formula is C12H7BrO5. The molecule has 1 aliphatic rings. The lowest BCUT2D eigenvalue weighted by molar-refractivity contribution is -0.146. The van der Waals surface area contributed by atoms with Gasteiger partial charge in [0.15, 0.2) is 11.3 Å². The molecule has 2 rings (SSSR count). The summed E-state index contributed by atoms with van der Waals surface area (Å²) in [5.74, 6) is -3.03. The summed E-state index contributed by atoms with van der Waals surface area (Å²) in [7, 11) is 1.13. The molecule has 92 valence electrons. The number of rotatable bonds is 2. The molecule has 5 nitrogen and oxygen atoms in total. The number of carbonyl (C=O) groups is 3. The number of hydrogen-bond donors (Lipinski definition) is 0. The van der Waals surface area contributed by atoms with Crippen molar-refractivity contribution in [2.75, 3.05) is 7.11 Å². The molecule has 1 heterocycles. The second-order valence-electron chi connectivity index (χ2n) is 3.42. The van der Waals surface area contributed by atoms with Crippen molar-refractivity contribution in [3.05, 3.63) is 39.9 Å². The molecule has 18 heavy (non-hydrogen) atoms. The zero-order valence-electron chi connectivity index (χ0n) is 9.23. The Balaban J connectivity index is 2.58. The summed E-state index contributed by atoms with van der Waals surface area (Å²) >= 11 is 3.25. The highest BCUT2D eigenvalue weighted by Crippen LogP contribution is 2.29. The Hall–Kier alpha value is -1.95. The van der Waals surface area contributed by atoms with E-state index in [1.165, 1.54) is 0 Å². The molecule has 0 fully saturated rings. The highest BCUT2D eigenvalue weighted by atomic mass is 79.9. The normalized spacial score (nSPS) is 14.8. The molecule has 0 aromatic heterocycles. The van der Waals surface area contributed by atoms with Crippen LogP contribution in [0.5, 0.6) is 0 Å². The highest BCUT2D eigenvalue weighted by Gasteiger charge is 2.39. The zero-order valence-corrected chi connectivity index (χ0v) is 10.8. The number of ether oxygens (including phenoxy) is 2. The first-order chi connectivity index (χ1) is 8.54. The van der Waals surface area contributed by atoms with Crippen molar-refractivity contribution in [3.8, 4) is 0 Å². The van der Waals surface area contributed by atoms with Crippen LogP contribution in [0.3, 0.4) is 0 Å². The molecule has 1 aromatic carbocycles. The van der Waals surface area contributed by atoms with Crippen molar-refractivity contribution in [3.63, 3.8) is 0 Å². The maximum absolute atomic E-state index is 11.5. The molecular weight excluding hydrogens is 304 g/mol. The van der Waals surface area contributed by atoms with Crippen LogP contribution < -0.4 is 0 Å². The average Bonchev–Trinajstić information content (AvgIpc) is 2.65. The summed E-state index contributed by atoms with van der Waals surface area (Å²) < 4.78 is 10.0. The second-order valence-corrected chi connectivity index (χ2v) is 4.34. The van der Waals surface area contributed by atoms with E-state index in [-0.39, 0.29) is 11.3 Å². The first-order valence-electron chi connectivity index (χ1n) is 4.89. The molecule has 0 unspecified atom stereocenters. The predicted octanol–water partition coefficient (Wildman–Crippen LogP) is 1.46. The highest BCUT2D eigenvalue weighted by molar-refractivity contribution is 9.10. The standard InChI is InChI=1S/C12H7BrO5/c1-17-11(15)8-9(14)12(16)18-10(8)6-3-2-4-7(13)5-6/h2-5H,1H3. The van der Waals surface area contributed by atoms with Gasteiger partial charge in [0, 0.05) is 10.0 Å². The van der Waals surface area contributed by atoms with Crippen molar-refractivity contribution >= 4 is 39.4 Å². The Morgan fingerprint density at radius 1 is 1.33 bits per heavy atom. The summed E-state index contributed by atoms with van der Waals surface area (Å²) in [5.41, 5.74) is 0.0737. The van der Waals surface area contributed by atoms with E-state index in [9.17, 15) is 14.4 Å². The monoisotopic (exact) mass is 310 g/mol. The van der Waals surface area contributed by atoms with Gasteiger partial charge in [-0.15, -0.1) is 0 Å². The lowest BCUT2D eigenvalue weighted by Gasteiger charge is -2.03. The fourth-order valence-electron chi connectivity index (χ4n) is 1.52. The molecule has 6 heteroatoms. The van der Waals surface area contributed by atoms with E-state index in [1.807, 2.05) is 0 Å². The van der Waals surface area contributed by atoms with Crippen molar-refractivity contribution in [2.24, 2.45) is 0 Å². The van der Waals surface area contributed by atoms with E-state index in [0.29, 0.717) is 5.56 Å². The van der Waals surface area contributed by atoms with Crippen molar-refractivity contribution in [1.82, 2.24) is 0 Å². The lowest BCUT2D eigenvalue weighted by Crippen LogP contribution is -2.16. The van der Waals surface area contributed by atoms with Crippen LogP contribution in [0.1, 0.15) is 5.56 Å². The third-order valence-electron chi connectivity index (χ3n) is 2.31. The van der Waals surface area contributed by atoms with Crippen LogP contribution in [-0.4, -0.2) is 24.8 Å². The van der Waals surface area contributed by atoms with Gasteiger partial charge in [0.2, 0.25) is 0 Å². The first kappa shape index (κ1) is 12.5. The molecule has 0 N–H and O–H groups in total. The Kier molecular flexibility index (Phi) is 3.29. The topological polar surface area (TPSA) is 69.7 Å². The van der Waals surface area contributed by atoms with Gasteiger partial charge < -0.3 is 9.47 Å². The van der Waals surface area contributed by atoms with E-state index in [2.05, 4.69) is 20.7 Å². The quantitative estimate of drug-likeness (QED) is 0.470. The van der Waals surface area contributed by atoms with Crippen LogP contribution in [0.25, 0.3) is 5.76 Å². The minimum absolute atomic E-state index is 0.0712. The van der Waals surface area contributed by atoms with Crippen molar-refractivity contribution < 1.29 is 23.9 Å². The summed E-state index contributed by atoms with van der Waals surface area (Å²) in [6.07, 6.45) is 0. The van der Waals surface area contributed by atoms with E-state index < -0.39 is 17.7 Å². The summed E-state index contributed by atoms with van der Waals surface area (Å²) in [6, 6.07) is 6.71. The van der Waals surface area contributed by atoms with Gasteiger partial charge in [-0.05, 0) is 12.1 Å². The largest absolute Gasteiger partial charge is 0.465 e. The second kappa shape index (κ2) is 4.73. The minimum Gasteiger partial charge on any atom is -0.465 e. The number of carbonyl (C=O) groups excluding carboxylic acids is 3. The van der Waals surface area contributed by atoms with Gasteiger partial charge in [0.05, 0.1) is 7.11 Å². The van der Waals surface area contributed by atoms with E-state index in [0.717, 1.165) is 11.6 Å². The van der Waals surface area contributed by atoms with Gasteiger partial charge >= 0.3 is 11.9 Å². The average molecular weight is 311 g/mol. The minimum atomic E-state index is -1.08. The number of esters is 2. The predicted molar refractivity (Wildman–Crippen MR) is 64.2 cm³/mol. The number of hydrogen-bond acceptors (Lipinski definition) is 5. The van der Waals surface area contributed by atoms with Gasteiger partial charge in [-0.3, -0.25) is 4.79 Å². The number of ketones is 1. The smallest absolute Gasteiger partial charge is 0.385 e. The molecule has 0 saturated heterocycles. The SMILES string of the molecule is COC(=O)C1=C(c2cccc(Br)c2)OC(=O)C1=O. The van der Waals surface area contributed by atoms with Crippen LogP contribution in [0.2, 0.25) is 0 Å². The molecule has 0 aliphatic carbocycles. The summed E-state index contributed by atoms with van der Waals surface area (Å²) in [6.45, 7) is 0. The van der Waals surface area contributed by atoms with Gasteiger partial charge in [-0.25, -0.2) is 9.59 Å². The van der Waals surface area contributed by atoms with Crippen LogP contribution >= 0.6 is 15.9 Å². The number of benzene rings is 1. The maximum atomic E-state index is 11.5. The van der Waals surface area contributed by atoms with Crippen molar-refractivity contribution in [2.45, 2.75) is 0 Å². The molecule has 0 amide bonds. The number of Topliss-reactive ketones (excluding diaryl/α,β-unsaturated/α-hetero) is 1. The lowest BCUT2D eigenvalue weighted by atomic mass is 10.1.